The molecule has 0 radical (unpaired) electrons. The molecule has 1 saturated heterocycles. The third-order valence-electron chi connectivity index (χ3n) is 4.07. The zero-order chi connectivity index (χ0) is 13.8. The highest BCUT2D eigenvalue weighted by Crippen LogP contribution is 2.25. The largest absolute Gasteiger partial charge is 0.381 e. The second-order valence-corrected chi connectivity index (χ2v) is 5.54. The van der Waals surface area contributed by atoms with Gasteiger partial charge in [0, 0.05) is 37.1 Å². The van der Waals surface area contributed by atoms with Crippen molar-refractivity contribution in [3.63, 3.8) is 0 Å². The Bertz CT molecular complexity index is 406. The fourth-order valence-corrected chi connectivity index (χ4v) is 3.05. The van der Waals surface area contributed by atoms with Crippen LogP contribution in [0.3, 0.4) is 0 Å². The molecule has 2 N–H and O–H groups in total. The molecular formula is C15H27N3O. The summed E-state index contributed by atoms with van der Waals surface area (Å²) < 4.78 is 7.65. The van der Waals surface area contributed by atoms with E-state index in [4.69, 9.17) is 15.6 Å². The van der Waals surface area contributed by atoms with Crippen LogP contribution in [0, 0.1) is 5.92 Å². The Balaban J connectivity index is 2.23. The van der Waals surface area contributed by atoms with Crippen molar-refractivity contribution in [2.45, 2.75) is 59.0 Å². The Labute approximate surface area is 116 Å². The van der Waals surface area contributed by atoms with E-state index in [0.29, 0.717) is 5.92 Å². The molecule has 2 rings (SSSR count). The van der Waals surface area contributed by atoms with Crippen LogP contribution < -0.4 is 5.73 Å². The van der Waals surface area contributed by atoms with Crippen molar-refractivity contribution >= 4 is 0 Å². The van der Waals surface area contributed by atoms with E-state index in [9.17, 15) is 0 Å². The first-order valence-electron chi connectivity index (χ1n) is 7.59. The van der Waals surface area contributed by atoms with Crippen molar-refractivity contribution in [2.24, 2.45) is 11.7 Å². The smallest absolute Gasteiger partial charge is 0.0672 e. The Hall–Kier alpha value is -0.870. The number of nitrogens with two attached hydrogens (primary N) is 1. The van der Waals surface area contributed by atoms with Gasteiger partial charge in [-0.25, -0.2) is 0 Å². The molecule has 0 aromatic carbocycles. The Kier molecular flexibility index (Phi) is 4.99. The number of hydrogen-bond acceptors (Lipinski definition) is 3. The standard InChI is InChI=1S/C15H27N3O/c1-4-13-15(11(3)16)14(5-2)18(17-13)10-12-6-8-19-9-7-12/h11-12H,4-10,16H2,1-3H3. The normalized spacial score (nSPS) is 18.7. The van der Waals surface area contributed by atoms with Crippen LogP contribution in [-0.4, -0.2) is 23.0 Å². The van der Waals surface area contributed by atoms with Gasteiger partial charge >= 0.3 is 0 Å². The predicted molar refractivity (Wildman–Crippen MR) is 77.1 cm³/mol. The molecule has 1 atom stereocenters. The summed E-state index contributed by atoms with van der Waals surface area (Å²) in [6.07, 6.45) is 4.27. The minimum atomic E-state index is 0.0772. The highest BCUT2D eigenvalue weighted by molar-refractivity contribution is 5.29. The average Bonchev–Trinajstić information content (AvgIpc) is 2.77. The Morgan fingerprint density at radius 2 is 2.00 bits per heavy atom. The van der Waals surface area contributed by atoms with Gasteiger partial charge in [0.25, 0.3) is 0 Å². The second-order valence-electron chi connectivity index (χ2n) is 5.54. The van der Waals surface area contributed by atoms with E-state index in [1.807, 2.05) is 0 Å². The highest BCUT2D eigenvalue weighted by atomic mass is 16.5. The summed E-state index contributed by atoms with van der Waals surface area (Å²) >= 11 is 0. The number of aromatic nitrogens is 2. The minimum absolute atomic E-state index is 0.0772. The lowest BCUT2D eigenvalue weighted by Crippen LogP contribution is -2.22. The average molecular weight is 265 g/mol. The molecule has 1 unspecified atom stereocenters. The summed E-state index contributed by atoms with van der Waals surface area (Å²) in [5, 5.41) is 4.81. The van der Waals surface area contributed by atoms with E-state index in [1.54, 1.807) is 0 Å². The monoisotopic (exact) mass is 265 g/mol. The maximum absolute atomic E-state index is 6.14. The van der Waals surface area contributed by atoms with Crippen molar-refractivity contribution in [3.05, 3.63) is 17.0 Å². The molecule has 0 bridgehead atoms. The summed E-state index contributed by atoms with van der Waals surface area (Å²) in [6.45, 7) is 9.23. The van der Waals surface area contributed by atoms with Gasteiger partial charge in [0.05, 0.1) is 5.69 Å². The van der Waals surface area contributed by atoms with Crippen LogP contribution in [0.25, 0.3) is 0 Å². The van der Waals surface area contributed by atoms with Gasteiger partial charge in [-0.15, -0.1) is 0 Å². The summed E-state index contributed by atoms with van der Waals surface area (Å²) in [5.41, 5.74) is 9.93. The zero-order valence-electron chi connectivity index (χ0n) is 12.5. The molecule has 1 aliphatic rings. The van der Waals surface area contributed by atoms with Gasteiger partial charge in [0.15, 0.2) is 0 Å². The number of nitrogens with zero attached hydrogens (tertiary/aromatic N) is 2. The number of rotatable bonds is 5. The van der Waals surface area contributed by atoms with Gasteiger partial charge < -0.3 is 10.5 Å². The van der Waals surface area contributed by atoms with Crippen molar-refractivity contribution in [1.29, 1.82) is 0 Å². The molecule has 2 heterocycles. The van der Waals surface area contributed by atoms with Gasteiger partial charge in [-0.3, -0.25) is 4.68 Å². The third-order valence-corrected chi connectivity index (χ3v) is 4.07. The molecule has 1 aromatic rings. The number of ether oxygens (including phenoxy) is 1. The first kappa shape index (κ1) is 14.5. The van der Waals surface area contributed by atoms with Gasteiger partial charge in [-0.1, -0.05) is 13.8 Å². The topological polar surface area (TPSA) is 53.1 Å². The van der Waals surface area contributed by atoms with Crippen LogP contribution >= 0.6 is 0 Å². The van der Waals surface area contributed by atoms with E-state index in [2.05, 4.69) is 25.5 Å². The summed E-state index contributed by atoms with van der Waals surface area (Å²) in [7, 11) is 0. The van der Waals surface area contributed by atoms with Gasteiger partial charge in [-0.2, -0.15) is 5.10 Å². The Morgan fingerprint density at radius 1 is 1.32 bits per heavy atom. The molecule has 1 aromatic heterocycles. The molecule has 19 heavy (non-hydrogen) atoms. The first-order chi connectivity index (χ1) is 9.17. The van der Waals surface area contributed by atoms with E-state index >= 15 is 0 Å². The van der Waals surface area contributed by atoms with Crippen molar-refractivity contribution < 1.29 is 4.74 Å². The minimum Gasteiger partial charge on any atom is -0.381 e. The van der Waals surface area contributed by atoms with E-state index in [1.165, 1.54) is 17.0 Å². The van der Waals surface area contributed by atoms with Gasteiger partial charge in [0.2, 0.25) is 0 Å². The molecule has 0 saturated carbocycles. The summed E-state index contributed by atoms with van der Waals surface area (Å²) in [5.74, 6) is 0.699. The van der Waals surface area contributed by atoms with Crippen LogP contribution in [0.1, 0.15) is 56.6 Å². The highest BCUT2D eigenvalue weighted by Gasteiger charge is 2.21. The lowest BCUT2D eigenvalue weighted by molar-refractivity contribution is 0.0598. The maximum atomic E-state index is 6.14. The second kappa shape index (κ2) is 6.53. The number of hydrogen-bond donors (Lipinski definition) is 1. The summed E-state index contributed by atoms with van der Waals surface area (Å²) in [6, 6.07) is 0.0772. The van der Waals surface area contributed by atoms with E-state index in [0.717, 1.165) is 45.4 Å². The fraction of sp³-hybridized carbons (Fsp3) is 0.800. The molecular weight excluding hydrogens is 238 g/mol. The van der Waals surface area contributed by atoms with Crippen molar-refractivity contribution in [1.82, 2.24) is 9.78 Å². The molecule has 108 valence electrons. The lowest BCUT2D eigenvalue weighted by atomic mass is 9.99. The zero-order valence-corrected chi connectivity index (χ0v) is 12.5. The fourth-order valence-electron chi connectivity index (χ4n) is 3.05. The van der Waals surface area contributed by atoms with Crippen LogP contribution in [0.2, 0.25) is 0 Å². The molecule has 0 spiro atoms. The molecule has 4 nitrogen and oxygen atoms in total. The third kappa shape index (κ3) is 3.18. The van der Waals surface area contributed by atoms with Crippen LogP contribution in [-0.2, 0) is 24.1 Å². The maximum Gasteiger partial charge on any atom is 0.0672 e. The quantitative estimate of drug-likeness (QED) is 0.889. The van der Waals surface area contributed by atoms with Crippen molar-refractivity contribution in [2.75, 3.05) is 13.2 Å². The van der Waals surface area contributed by atoms with E-state index in [-0.39, 0.29) is 6.04 Å². The van der Waals surface area contributed by atoms with Crippen LogP contribution in [0.4, 0.5) is 0 Å². The molecule has 4 heteroatoms. The first-order valence-corrected chi connectivity index (χ1v) is 7.59. The van der Waals surface area contributed by atoms with Crippen molar-refractivity contribution in [3.8, 4) is 0 Å². The predicted octanol–water partition coefficient (Wildman–Crippen LogP) is 2.45. The molecule has 0 aliphatic carbocycles. The number of aryl methyl sites for hydroxylation is 1. The van der Waals surface area contributed by atoms with Gasteiger partial charge in [-0.05, 0) is 38.5 Å². The SMILES string of the molecule is CCc1nn(CC2CCOCC2)c(CC)c1C(C)N. The molecule has 1 fully saturated rings. The van der Waals surface area contributed by atoms with Gasteiger partial charge in [0.1, 0.15) is 0 Å². The molecule has 1 aliphatic heterocycles. The Morgan fingerprint density at radius 3 is 2.53 bits per heavy atom. The van der Waals surface area contributed by atoms with Crippen LogP contribution in [0.5, 0.6) is 0 Å². The van der Waals surface area contributed by atoms with Crippen LogP contribution in [0.15, 0.2) is 0 Å². The summed E-state index contributed by atoms with van der Waals surface area (Å²) in [4.78, 5) is 0. The van der Waals surface area contributed by atoms with E-state index < -0.39 is 0 Å². The molecule has 0 amide bonds. The lowest BCUT2D eigenvalue weighted by Gasteiger charge is -2.22.